The summed E-state index contributed by atoms with van der Waals surface area (Å²) in [6.07, 6.45) is 0. The predicted octanol–water partition coefficient (Wildman–Crippen LogP) is 14.3. The van der Waals surface area contributed by atoms with E-state index in [2.05, 4.69) is 187 Å². The van der Waals surface area contributed by atoms with E-state index in [9.17, 15) is 0 Å². The summed E-state index contributed by atoms with van der Waals surface area (Å²) in [5.74, 6) is 0. The average Bonchev–Trinajstić information content (AvgIpc) is 3.43. The van der Waals surface area contributed by atoms with Gasteiger partial charge in [-0.1, -0.05) is 173 Å². The Morgan fingerprint density at radius 3 is 1.32 bits per heavy atom. The second-order valence-electron chi connectivity index (χ2n) is 14.2. The van der Waals surface area contributed by atoms with Gasteiger partial charge in [0.15, 0.2) is 0 Å². The Bertz CT molecular complexity index is 2700. The third-order valence-corrected chi connectivity index (χ3v) is 10.3. The molecule has 1 aliphatic rings. The highest BCUT2D eigenvalue weighted by Crippen LogP contribution is 2.47. The third-order valence-electron chi connectivity index (χ3n) is 10.3. The first-order valence-corrected chi connectivity index (χ1v) is 17.7. The lowest BCUT2D eigenvalue weighted by Crippen LogP contribution is -1.80. The Morgan fingerprint density at radius 1 is 0.260 bits per heavy atom. The van der Waals surface area contributed by atoms with E-state index in [-0.39, 0.29) is 0 Å². The van der Waals surface area contributed by atoms with Gasteiger partial charge in [-0.3, -0.25) is 0 Å². The normalized spacial score (nSPS) is 11.4. The first-order chi connectivity index (χ1) is 24.2. The van der Waals surface area contributed by atoms with Crippen molar-refractivity contribution in [2.75, 3.05) is 0 Å². The molecule has 242 valence electrons. The zero-order chi connectivity index (χ0) is 34.5. The predicted molar refractivity (Wildman–Crippen MR) is 220 cm³/mol. The summed E-state index contributed by atoms with van der Waals surface area (Å²) >= 11 is 0. The lowest BCUT2D eigenvalue weighted by atomic mass is 9.99. The first kappa shape index (κ1) is 31.5. The first-order valence-electron chi connectivity index (χ1n) is 17.7. The van der Waals surface area contributed by atoms with Gasteiger partial charge in [-0.15, -0.1) is 0 Å². The molecule has 0 saturated carbocycles. The largest absolute Gasteiger partial charge is 0.0610 e. The Labute approximate surface area is 295 Å². The van der Waals surface area contributed by atoms with Gasteiger partial charge in [0.25, 0.3) is 0 Å². The van der Waals surface area contributed by atoms with Crippen molar-refractivity contribution in [3.63, 3.8) is 0 Å². The molecule has 50 heavy (non-hydrogen) atoms. The molecule has 10 rings (SSSR count). The lowest BCUT2D eigenvalue weighted by Gasteiger charge is -2.05. The van der Waals surface area contributed by atoms with Crippen molar-refractivity contribution in [2.45, 2.75) is 41.5 Å². The maximum Gasteiger partial charge on any atom is -0.00237 e. The Hall–Kier alpha value is -5.72. The molecule has 0 unspecified atom stereocenters. The van der Waals surface area contributed by atoms with Crippen LogP contribution in [0, 0.1) is 41.5 Å². The van der Waals surface area contributed by atoms with Gasteiger partial charge in [-0.25, -0.2) is 0 Å². The molecule has 0 aromatic heterocycles. The Kier molecular flexibility index (Phi) is 7.96. The molecule has 0 atom stereocenters. The second kappa shape index (κ2) is 12.6. The van der Waals surface area contributed by atoms with Gasteiger partial charge in [-0.05, 0) is 123 Å². The van der Waals surface area contributed by atoms with E-state index in [1.54, 1.807) is 0 Å². The van der Waals surface area contributed by atoms with Gasteiger partial charge in [-0.2, -0.15) is 0 Å². The van der Waals surface area contributed by atoms with E-state index in [0.29, 0.717) is 0 Å². The molecule has 0 nitrogen and oxygen atoms in total. The summed E-state index contributed by atoms with van der Waals surface area (Å²) in [6.45, 7) is 12.9. The Balaban J connectivity index is 0.000000109. The molecule has 0 bridgehead atoms. The molecule has 0 spiro atoms. The molecule has 0 heteroatoms. The zero-order valence-corrected chi connectivity index (χ0v) is 29.9. The average molecular weight is 643 g/mol. The van der Waals surface area contributed by atoms with Gasteiger partial charge in [0.2, 0.25) is 0 Å². The van der Waals surface area contributed by atoms with Gasteiger partial charge in [0, 0.05) is 0 Å². The van der Waals surface area contributed by atoms with Crippen LogP contribution in [0.2, 0.25) is 0 Å². The molecule has 0 saturated heterocycles. The van der Waals surface area contributed by atoms with Crippen LogP contribution in [0.15, 0.2) is 146 Å². The zero-order valence-electron chi connectivity index (χ0n) is 29.9. The maximum atomic E-state index is 2.30. The smallest absolute Gasteiger partial charge is 0.00237 e. The third kappa shape index (κ3) is 5.71. The van der Waals surface area contributed by atoms with E-state index < -0.39 is 0 Å². The summed E-state index contributed by atoms with van der Waals surface area (Å²) in [6, 6.07) is 53.3. The summed E-state index contributed by atoms with van der Waals surface area (Å²) < 4.78 is 0. The molecule has 0 aliphatic heterocycles. The molecule has 0 heterocycles. The number of hydrogen-bond donors (Lipinski definition) is 0. The Morgan fingerprint density at radius 2 is 0.700 bits per heavy atom. The summed E-state index contributed by atoms with van der Waals surface area (Å²) in [7, 11) is 0. The SMILES string of the molecule is Cc1ccc2c(c1)-c1cccc3c(C)ccc-2c13.Cc1ccc2c(ccc3ccc(C)cc32)c1.Cc1ccc2ccc3ccc(C)cc3c2c1. The number of aryl methyl sites for hydroxylation is 6. The number of benzene rings is 9. The second-order valence-corrected chi connectivity index (χ2v) is 14.2. The van der Waals surface area contributed by atoms with Crippen molar-refractivity contribution in [3.8, 4) is 22.3 Å². The summed E-state index contributed by atoms with van der Waals surface area (Å²) in [4.78, 5) is 0. The number of rotatable bonds is 0. The summed E-state index contributed by atoms with van der Waals surface area (Å²) in [5, 5.41) is 13.6. The maximum absolute atomic E-state index is 2.30. The lowest BCUT2D eigenvalue weighted by molar-refractivity contribution is 1.48. The van der Waals surface area contributed by atoms with Crippen molar-refractivity contribution < 1.29 is 0 Å². The van der Waals surface area contributed by atoms with Gasteiger partial charge < -0.3 is 0 Å². The topological polar surface area (TPSA) is 0 Å². The molecule has 0 N–H and O–H groups in total. The fourth-order valence-electron chi connectivity index (χ4n) is 7.69. The van der Waals surface area contributed by atoms with Gasteiger partial charge >= 0.3 is 0 Å². The molecule has 9 aromatic rings. The van der Waals surface area contributed by atoms with Crippen LogP contribution in [-0.4, -0.2) is 0 Å². The number of hydrogen-bond acceptors (Lipinski definition) is 0. The van der Waals surface area contributed by atoms with Crippen LogP contribution < -0.4 is 0 Å². The minimum absolute atomic E-state index is 1.32. The highest BCUT2D eigenvalue weighted by molar-refractivity contribution is 6.16. The van der Waals surface area contributed by atoms with Crippen LogP contribution in [0.5, 0.6) is 0 Å². The monoisotopic (exact) mass is 642 g/mol. The van der Waals surface area contributed by atoms with Crippen molar-refractivity contribution >= 4 is 53.9 Å². The minimum atomic E-state index is 1.32. The molecule has 0 fully saturated rings. The van der Waals surface area contributed by atoms with E-state index >= 15 is 0 Å². The van der Waals surface area contributed by atoms with Crippen molar-refractivity contribution in [3.05, 3.63) is 179 Å². The number of fused-ring (bicyclic) bond motifs is 9. The van der Waals surface area contributed by atoms with Crippen LogP contribution in [0.25, 0.3) is 76.1 Å². The minimum Gasteiger partial charge on any atom is -0.0610 e. The van der Waals surface area contributed by atoms with Crippen molar-refractivity contribution in [2.24, 2.45) is 0 Å². The fourth-order valence-corrected chi connectivity index (χ4v) is 7.69. The van der Waals surface area contributed by atoms with Crippen LogP contribution in [-0.2, 0) is 0 Å². The van der Waals surface area contributed by atoms with E-state index in [1.165, 1.54) is 109 Å². The molecule has 0 radical (unpaired) electrons. The molecular formula is C50H42. The van der Waals surface area contributed by atoms with Gasteiger partial charge in [0.1, 0.15) is 0 Å². The standard InChI is InChI=1S/C18H14.2C16H14/c1-11-6-8-14-16-9-7-12(2)13-4-3-5-15(18(13)16)17(14)10-11;1-11-4-8-15-14(9-11)7-6-13-5-3-12(2)10-16(13)15;1-11-3-5-13-7-8-14-6-4-12(2)10-16(14)15(13)9-11/h3-10H,1-2H3;2*3-10H,1-2H3. The van der Waals surface area contributed by atoms with E-state index in [0.717, 1.165) is 0 Å². The van der Waals surface area contributed by atoms with Crippen molar-refractivity contribution in [1.29, 1.82) is 0 Å². The van der Waals surface area contributed by atoms with Crippen LogP contribution in [0.4, 0.5) is 0 Å². The van der Waals surface area contributed by atoms with Crippen LogP contribution >= 0.6 is 0 Å². The van der Waals surface area contributed by atoms with E-state index in [4.69, 9.17) is 0 Å². The molecule has 0 amide bonds. The highest BCUT2D eigenvalue weighted by Gasteiger charge is 2.21. The van der Waals surface area contributed by atoms with Crippen LogP contribution in [0.1, 0.15) is 33.4 Å². The highest BCUT2D eigenvalue weighted by atomic mass is 14.2. The molecular weight excluding hydrogens is 601 g/mol. The summed E-state index contributed by atoms with van der Waals surface area (Å²) in [5.41, 5.74) is 13.5. The van der Waals surface area contributed by atoms with Crippen molar-refractivity contribution in [1.82, 2.24) is 0 Å². The fraction of sp³-hybridized carbons (Fsp3) is 0.120. The van der Waals surface area contributed by atoms with E-state index in [1.807, 2.05) is 0 Å². The van der Waals surface area contributed by atoms with Gasteiger partial charge in [0.05, 0.1) is 0 Å². The molecule has 9 aromatic carbocycles. The van der Waals surface area contributed by atoms with Crippen LogP contribution in [0.3, 0.4) is 0 Å². The quantitative estimate of drug-likeness (QED) is 0.144. The molecule has 1 aliphatic carbocycles.